The molecule has 1 saturated heterocycles. The van der Waals surface area contributed by atoms with Crippen molar-refractivity contribution in [1.82, 2.24) is 24.0 Å². The largest absolute Gasteiger partial charge is 0.338 e. The molecule has 0 atom stereocenters. The number of aryl methyl sites for hydroxylation is 1. The molecule has 0 unspecified atom stereocenters. The summed E-state index contributed by atoms with van der Waals surface area (Å²) in [4.78, 5) is 36.1. The molecular weight excluding hydrogens is 349 g/mol. The molecule has 138 valence electrons. The fourth-order valence-electron chi connectivity index (χ4n) is 3.56. The summed E-state index contributed by atoms with van der Waals surface area (Å²) < 4.78 is 15.6. The topological polar surface area (TPSA) is 73.0 Å². The van der Waals surface area contributed by atoms with E-state index in [0.29, 0.717) is 36.0 Å². The number of benzene rings is 1. The highest BCUT2D eigenvalue weighted by Gasteiger charge is 2.35. The summed E-state index contributed by atoms with van der Waals surface area (Å²) in [6, 6.07) is 5.95. The zero-order valence-corrected chi connectivity index (χ0v) is 14.8. The van der Waals surface area contributed by atoms with Gasteiger partial charge in [-0.15, -0.1) is 0 Å². The van der Waals surface area contributed by atoms with Crippen LogP contribution in [-0.2, 0) is 7.05 Å². The standard InChI is InChI=1S/C19H18FN5O2/c1-23-15-8-21-16(12-2-3-12)22-17(15)25(18(23)26)19(27)24-9-13(10-24)11-4-6-14(20)7-5-11/h4-8,12-13H,2-3,9-10H2,1H3. The van der Waals surface area contributed by atoms with Crippen LogP contribution in [0.15, 0.2) is 35.3 Å². The molecular formula is C19H18FN5O2. The molecule has 0 spiro atoms. The van der Waals surface area contributed by atoms with Gasteiger partial charge in [0, 0.05) is 32.0 Å². The smallest absolute Gasteiger partial charge is 0.323 e. The van der Waals surface area contributed by atoms with Gasteiger partial charge in [-0.05, 0) is 30.5 Å². The number of nitrogens with zero attached hydrogens (tertiary/aromatic N) is 5. The van der Waals surface area contributed by atoms with Gasteiger partial charge in [-0.25, -0.2) is 23.9 Å². The van der Waals surface area contributed by atoms with Gasteiger partial charge in [0.1, 0.15) is 17.2 Å². The number of amides is 1. The number of likely N-dealkylation sites (tertiary alicyclic amines) is 1. The molecule has 8 heteroatoms. The van der Waals surface area contributed by atoms with E-state index in [1.807, 2.05) is 0 Å². The van der Waals surface area contributed by atoms with E-state index >= 15 is 0 Å². The molecule has 1 saturated carbocycles. The van der Waals surface area contributed by atoms with E-state index < -0.39 is 5.69 Å². The van der Waals surface area contributed by atoms with Crippen molar-refractivity contribution in [2.45, 2.75) is 24.7 Å². The molecule has 0 radical (unpaired) electrons. The third kappa shape index (κ3) is 2.55. The van der Waals surface area contributed by atoms with E-state index in [2.05, 4.69) is 9.97 Å². The Kier molecular flexibility index (Phi) is 3.43. The number of carbonyl (C=O) groups is 1. The van der Waals surface area contributed by atoms with Crippen LogP contribution in [0.2, 0.25) is 0 Å². The van der Waals surface area contributed by atoms with Crippen molar-refractivity contribution in [3.63, 3.8) is 0 Å². The predicted octanol–water partition coefficient (Wildman–Crippen LogP) is 2.21. The summed E-state index contributed by atoms with van der Waals surface area (Å²) in [7, 11) is 1.62. The number of hydrogen-bond acceptors (Lipinski definition) is 4. The Morgan fingerprint density at radius 3 is 2.52 bits per heavy atom. The Hall–Kier alpha value is -3.03. The molecule has 2 aliphatic rings. The van der Waals surface area contributed by atoms with Crippen molar-refractivity contribution < 1.29 is 9.18 Å². The van der Waals surface area contributed by atoms with E-state index in [1.165, 1.54) is 16.7 Å². The van der Waals surface area contributed by atoms with Crippen LogP contribution in [0.5, 0.6) is 0 Å². The predicted molar refractivity (Wildman–Crippen MR) is 96.3 cm³/mol. The molecule has 1 amide bonds. The fraction of sp³-hybridized carbons (Fsp3) is 0.368. The monoisotopic (exact) mass is 367 g/mol. The summed E-state index contributed by atoms with van der Waals surface area (Å²) in [6.07, 6.45) is 3.71. The normalized spacial score (nSPS) is 17.3. The lowest BCUT2D eigenvalue weighted by Crippen LogP contribution is -2.52. The van der Waals surface area contributed by atoms with Crippen LogP contribution < -0.4 is 5.69 Å². The average Bonchev–Trinajstić information content (AvgIpc) is 3.43. The SMILES string of the molecule is Cn1c(=O)n(C(=O)N2CC(c3ccc(F)cc3)C2)c2nc(C3CC3)ncc21. The van der Waals surface area contributed by atoms with Gasteiger partial charge in [0.2, 0.25) is 0 Å². The first-order valence-corrected chi connectivity index (χ1v) is 9.02. The zero-order chi connectivity index (χ0) is 18.7. The van der Waals surface area contributed by atoms with Crippen molar-refractivity contribution >= 4 is 17.2 Å². The first-order chi connectivity index (χ1) is 13.0. The number of halogens is 1. The Morgan fingerprint density at radius 2 is 1.85 bits per heavy atom. The van der Waals surface area contributed by atoms with Crippen LogP contribution in [0.1, 0.15) is 36.1 Å². The van der Waals surface area contributed by atoms with Crippen LogP contribution >= 0.6 is 0 Å². The summed E-state index contributed by atoms with van der Waals surface area (Å²) in [5.74, 6) is 0.902. The zero-order valence-electron chi connectivity index (χ0n) is 14.8. The lowest BCUT2D eigenvalue weighted by atomic mass is 9.92. The summed E-state index contributed by atoms with van der Waals surface area (Å²) >= 11 is 0. The second-order valence-corrected chi connectivity index (χ2v) is 7.32. The Morgan fingerprint density at radius 1 is 1.15 bits per heavy atom. The van der Waals surface area contributed by atoms with Gasteiger partial charge in [-0.2, -0.15) is 4.57 Å². The summed E-state index contributed by atoms with van der Waals surface area (Å²) in [5.41, 5.74) is 1.49. The van der Waals surface area contributed by atoms with Gasteiger partial charge in [-0.1, -0.05) is 12.1 Å². The molecule has 5 rings (SSSR count). The van der Waals surface area contributed by atoms with Gasteiger partial charge in [0.05, 0.1) is 6.20 Å². The second-order valence-electron chi connectivity index (χ2n) is 7.32. The van der Waals surface area contributed by atoms with Crippen molar-refractivity contribution in [2.24, 2.45) is 7.05 Å². The lowest BCUT2D eigenvalue weighted by Gasteiger charge is -2.39. The van der Waals surface area contributed by atoms with Crippen LogP contribution in [0, 0.1) is 5.82 Å². The van der Waals surface area contributed by atoms with Crippen molar-refractivity contribution in [2.75, 3.05) is 13.1 Å². The van der Waals surface area contributed by atoms with Crippen LogP contribution in [0.25, 0.3) is 11.2 Å². The van der Waals surface area contributed by atoms with Gasteiger partial charge in [0.15, 0.2) is 5.65 Å². The van der Waals surface area contributed by atoms with E-state index in [1.54, 1.807) is 30.3 Å². The lowest BCUT2D eigenvalue weighted by molar-refractivity contribution is 0.152. The third-order valence-electron chi connectivity index (χ3n) is 5.45. The van der Waals surface area contributed by atoms with Gasteiger partial charge >= 0.3 is 11.7 Å². The maximum Gasteiger partial charge on any atom is 0.338 e. The second kappa shape index (κ2) is 5.73. The first-order valence-electron chi connectivity index (χ1n) is 9.02. The van der Waals surface area contributed by atoms with Crippen molar-refractivity contribution in [3.05, 3.63) is 58.2 Å². The first kappa shape index (κ1) is 16.2. The molecule has 3 aromatic rings. The molecule has 0 bridgehead atoms. The Labute approximate surface area is 154 Å². The molecule has 3 heterocycles. The Bertz CT molecular complexity index is 1110. The molecule has 1 aliphatic heterocycles. The number of hydrogen-bond donors (Lipinski definition) is 0. The average molecular weight is 367 g/mol. The van der Waals surface area contributed by atoms with Crippen LogP contribution in [0.3, 0.4) is 0 Å². The minimum Gasteiger partial charge on any atom is -0.323 e. The van der Waals surface area contributed by atoms with E-state index in [0.717, 1.165) is 23.0 Å². The number of fused-ring (bicyclic) bond motifs is 1. The van der Waals surface area contributed by atoms with E-state index in [9.17, 15) is 14.0 Å². The summed E-state index contributed by atoms with van der Waals surface area (Å²) in [6.45, 7) is 0.988. The number of carbonyl (C=O) groups excluding carboxylic acids is 1. The maximum absolute atomic E-state index is 13.1. The van der Waals surface area contributed by atoms with Crippen LogP contribution in [0.4, 0.5) is 9.18 Å². The fourth-order valence-corrected chi connectivity index (χ4v) is 3.56. The molecule has 7 nitrogen and oxygen atoms in total. The van der Waals surface area contributed by atoms with Gasteiger partial charge < -0.3 is 4.90 Å². The summed E-state index contributed by atoms with van der Waals surface area (Å²) in [5, 5.41) is 0. The molecule has 27 heavy (non-hydrogen) atoms. The van der Waals surface area contributed by atoms with E-state index in [-0.39, 0.29) is 17.8 Å². The van der Waals surface area contributed by atoms with E-state index in [4.69, 9.17) is 0 Å². The molecule has 1 aromatic carbocycles. The maximum atomic E-state index is 13.1. The molecule has 2 aromatic heterocycles. The highest BCUT2D eigenvalue weighted by Crippen LogP contribution is 2.38. The number of imidazole rings is 1. The minimum absolute atomic E-state index is 0.150. The molecule has 0 N–H and O–H groups in total. The Balaban J connectivity index is 1.44. The quantitative estimate of drug-likeness (QED) is 0.696. The van der Waals surface area contributed by atoms with Crippen molar-refractivity contribution in [1.29, 1.82) is 0 Å². The van der Waals surface area contributed by atoms with Crippen LogP contribution in [-0.4, -0.2) is 43.1 Å². The molecule has 1 aliphatic carbocycles. The highest BCUT2D eigenvalue weighted by atomic mass is 19.1. The third-order valence-corrected chi connectivity index (χ3v) is 5.45. The van der Waals surface area contributed by atoms with Gasteiger partial charge in [0.25, 0.3) is 0 Å². The number of aromatic nitrogens is 4. The number of rotatable bonds is 2. The molecule has 2 fully saturated rings. The van der Waals surface area contributed by atoms with Gasteiger partial charge in [-0.3, -0.25) is 4.57 Å². The highest BCUT2D eigenvalue weighted by molar-refractivity contribution is 5.87. The van der Waals surface area contributed by atoms with Crippen molar-refractivity contribution in [3.8, 4) is 0 Å². The minimum atomic E-state index is -0.414.